The van der Waals surface area contributed by atoms with E-state index in [4.69, 9.17) is 48.4 Å². The van der Waals surface area contributed by atoms with E-state index in [1.807, 2.05) is 4.90 Å². The SMILES string of the molecule is CN(C)C(=O)c1nn2c(c1Cl)CN(c1nc(OCC34CCCN3CCC4)nc3c1COC(c1cc(N)cc(Cl)c1C(F)(F)F)C3)CCC2. The van der Waals surface area contributed by atoms with Crippen molar-refractivity contribution in [3.63, 3.8) is 0 Å². The molecule has 7 rings (SSSR count). The number of benzene rings is 1. The number of nitrogens with two attached hydrogens (primary N) is 1. The van der Waals surface area contributed by atoms with Gasteiger partial charge >= 0.3 is 12.2 Å². The molecule has 1 unspecified atom stereocenters. The smallest absolute Gasteiger partial charge is 0.418 e. The first-order chi connectivity index (χ1) is 22.8. The molecule has 0 spiro atoms. The van der Waals surface area contributed by atoms with E-state index in [0.29, 0.717) is 55.4 Å². The molecule has 1 amide bonds. The molecule has 0 bridgehead atoms. The highest BCUT2D eigenvalue weighted by atomic mass is 35.5. The summed E-state index contributed by atoms with van der Waals surface area (Å²) in [6.45, 7) is 3.83. The normalized spacial score (nSPS) is 20.6. The van der Waals surface area contributed by atoms with Crippen molar-refractivity contribution < 1.29 is 27.4 Å². The van der Waals surface area contributed by atoms with Crippen LogP contribution in [0.25, 0.3) is 0 Å². The van der Waals surface area contributed by atoms with Crippen molar-refractivity contribution in [2.45, 2.75) is 76.0 Å². The van der Waals surface area contributed by atoms with Crippen LogP contribution in [0.1, 0.15) is 76.8 Å². The van der Waals surface area contributed by atoms with Crippen LogP contribution in [0.2, 0.25) is 10.0 Å². The Bertz CT molecular complexity index is 1740. The second kappa shape index (κ2) is 12.5. The van der Waals surface area contributed by atoms with E-state index in [9.17, 15) is 18.0 Å². The molecule has 16 heteroatoms. The zero-order chi connectivity index (χ0) is 34.0. The molecule has 6 heterocycles. The lowest BCUT2D eigenvalue weighted by Gasteiger charge is -2.33. The number of fused-ring (bicyclic) bond motifs is 3. The first-order valence-corrected chi connectivity index (χ1v) is 16.9. The average molecular weight is 710 g/mol. The van der Waals surface area contributed by atoms with Gasteiger partial charge in [0.1, 0.15) is 12.4 Å². The van der Waals surface area contributed by atoms with Crippen LogP contribution in [0.3, 0.4) is 0 Å². The van der Waals surface area contributed by atoms with E-state index in [2.05, 4.69) is 10.00 Å². The summed E-state index contributed by atoms with van der Waals surface area (Å²) in [5, 5.41) is 4.31. The molecule has 0 radical (unpaired) electrons. The Balaban J connectivity index is 1.27. The molecule has 48 heavy (non-hydrogen) atoms. The van der Waals surface area contributed by atoms with E-state index in [0.717, 1.165) is 44.8 Å². The summed E-state index contributed by atoms with van der Waals surface area (Å²) in [6.07, 6.45) is -0.775. The molecule has 4 aliphatic rings. The number of rotatable bonds is 6. The zero-order valence-electron chi connectivity index (χ0n) is 26.7. The summed E-state index contributed by atoms with van der Waals surface area (Å²) in [4.78, 5) is 28.4. The maximum absolute atomic E-state index is 14.2. The van der Waals surface area contributed by atoms with Crippen molar-refractivity contribution in [3.05, 3.63) is 56.0 Å². The lowest BCUT2D eigenvalue weighted by atomic mass is 9.94. The van der Waals surface area contributed by atoms with Crippen LogP contribution in [-0.4, -0.2) is 81.3 Å². The first kappa shape index (κ1) is 33.2. The lowest BCUT2D eigenvalue weighted by Crippen LogP contribution is -2.43. The number of carbonyl (C=O) groups excluding carboxylic acids is 1. The van der Waals surface area contributed by atoms with Crippen LogP contribution in [0.5, 0.6) is 6.01 Å². The molecule has 11 nitrogen and oxygen atoms in total. The fourth-order valence-electron chi connectivity index (χ4n) is 7.63. The van der Waals surface area contributed by atoms with Crippen molar-refractivity contribution in [2.75, 3.05) is 51.0 Å². The molecule has 1 aromatic carbocycles. The first-order valence-electron chi connectivity index (χ1n) is 16.1. The van der Waals surface area contributed by atoms with Crippen LogP contribution in [0, 0.1) is 0 Å². The van der Waals surface area contributed by atoms with Gasteiger partial charge in [0.2, 0.25) is 0 Å². The van der Waals surface area contributed by atoms with Gasteiger partial charge in [0.25, 0.3) is 5.91 Å². The second-order valence-corrected chi connectivity index (χ2v) is 14.0. The topological polar surface area (TPSA) is 115 Å². The Kier molecular flexibility index (Phi) is 8.66. The number of hydrogen-bond acceptors (Lipinski definition) is 9. The molecule has 1 atom stereocenters. The molecule has 0 aliphatic carbocycles. The number of aromatic nitrogens is 4. The van der Waals surface area contributed by atoms with Crippen molar-refractivity contribution in [3.8, 4) is 6.01 Å². The monoisotopic (exact) mass is 708 g/mol. The van der Waals surface area contributed by atoms with E-state index in [-0.39, 0.29) is 52.5 Å². The molecular formula is C32H37Cl2F3N8O3. The molecule has 2 aromatic heterocycles. The van der Waals surface area contributed by atoms with Gasteiger partial charge in [0, 0.05) is 44.9 Å². The van der Waals surface area contributed by atoms with Gasteiger partial charge in [0.15, 0.2) is 5.69 Å². The molecule has 4 aliphatic heterocycles. The van der Waals surface area contributed by atoms with E-state index >= 15 is 0 Å². The molecular weight excluding hydrogens is 672 g/mol. The summed E-state index contributed by atoms with van der Waals surface area (Å²) in [6, 6.07) is 2.52. The second-order valence-electron chi connectivity index (χ2n) is 13.2. The molecule has 0 saturated carbocycles. The van der Waals surface area contributed by atoms with Gasteiger partial charge in [0.05, 0.1) is 51.8 Å². The van der Waals surface area contributed by atoms with Gasteiger partial charge in [-0.3, -0.25) is 14.4 Å². The minimum absolute atomic E-state index is 0.0232. The minimum atomic E-state index is -4.72. The quantitative estimate of drug-likeness (QED) is 0.331. The number of hydrogen-bond donors (Lipinski definition) is 1. The molecule has 258 valence electrons. The third kappa shape index (κ3) is 5.94. The van der Waals surface area contributed by atoms with E-state index in [1.165, 1.54) is 11.0 Å². The fraction of sp³-hybridized carbons (Fsp3) is 0.562. The van der Waals surface area contributed by atoms with Gasteiger partial charge < -0.3 is 25.0 Å². The number of carbonyl (C=O) groups is 1. The number of ether oxygens (including phenoxy) is 2. The number of halogens is 5. The number of nitrogens with zero attached hydrogens (tertiary/aromatic N) is 7. The fourth-order valence-corrected chi connectivity index (χ4v) is 8.25. The van der Waals surface area contributed by atoms with Crippen molar-refractivity contribution >= 4 is 40.6 Å². The van der Waals surface area contributed by atoms with Gasteiger partial charge in [-0.1, -0.05) is 23.2 Å². The Hall–Kier alpha value is -3.33. The van der Waals surface area contributed by atoms with E-state index < -0.39 is 22.9 Å². The Morgan fingerprint density at radius 2 is 1.88 bits per heavy atom. The Morgan fingerprint density at radius 3 is 2.58 bits per heavy atom. The van der Waals surface area contributed by atoms with Crippen molar-refractivity contribution in [2.24, 2.45) is 0 Å². The molecule has 2 N–H and O–H groups in total. The maximum atomic E-state index is 14.2. The highest BCUT2D eigenvalue weighted by molar-refractivity contribution is 6.34. The molecule has 2 saturated heterocycles. The summed E-state index contributed by atoms with van der Waals surface area (Å²) in [5.74, 6) is 0.252. The lowest BCUT2D eigenvalue weighted by molar-refractivity contribution is -0.139. The number of alkyl halides is 3. The van der Waals surface area contributed by atoms with Crippen LogP contribution in [-0.2, 0) is 37.0 Å². The van der Waals surface area contributed by atoms with Crippen LogP contribution < -0.4 is 15.4 Å². The van der Waals surface area contributed by atoms with Crippen molar-refractivity contribution in [1.82, 2.24) is 29.5 Å². The zero-order valence-corrected chi connectivity index (χ0v) is 28.3. The minimum Gasteiger partial charge on any atom is -0.461 e. The highest BCUT2D eigenvalue weighted by Crippen LogP contribution is 2.45. The average Bonchev–Trinajstić information content (AvgIpc) is 3.65. The number of amides is 1. The van der Waals surface area contributed by atoms with Crippen LogP contribution in [0.4, 0.5) is 24.7 Å². The number of aryl methyl sites for hydroxylation is 1. The standard InChI is InChI=1S/C32H37Cl2F3N8O3/c1-42(2)29(46)27-26(34)23-15-43(8-5-11-45(23)41-27)28-20-16-47-24(19-12-18(38)13-21(33)25(19)32(35,36)37)14-22(20)39-30(40-28)48-17-31-6-3-9-44(31)10-4-7-31/h12-13,24H,3-11,14-17,38H2,1-2H3. The van der Waals surface area contributed by atoms with Gasteiger partial charge in [-0.25, -0.2) is 0 Å². The van der Waals surface area contributed by atoms with E-state index in [1.54, 1.807) is 18.8 Å². The predicted octanol–water partition coefficient (Wildman–Crippen LogP) is 5.51. The van der Waals surface area contributed by atoms with Gasteiger partial charge in [-0.15, -0.1) is 0 Å². The third-order valence-electron chi connectivity index (χ3n) is 9.95. The highest BCUT2D eigenvalue weighted by Gasteiger charge is 2.45. The largest absolute Gasteiger partial charge is 0.461 e. The van der Waals surface area contributed by atoms with Crippen LogP contribution >= 0.6 is 23.2 Å². The third-order valence-corrected chi connectivity index (χ3v) is 10.6. The van der Waals surface area contributed by atoms with Gasteiger partial charge in [-0.05, 0) is 62.9 Å². The number of anilines is 2. The summed E-state index contributed by atoms with van der Waals surface area (Å²) >= 11 is 12.9. The maximum Gasteiger partial charge on any atom is 0.418 e. The summed E-state index contributed by atoms with van der Waals surface area (Å²) in [5.41, 5.74) is 6.90. The summed E-state index contributed by atoms with van der Waals surface area (Å²) in [7, 11) is 3.28. The Morgan fingerprint density at radius 1 is 1.12 bits per heavy atom. The van der Waals surface area contributed by atoms with Crippen LogP contribution in [0.15, 0.2) is 12.1 Å². The number of nitrogen functional groups attached to an aromatic ring is 1. The summed E-state index contributed by atoms with van der Waals surface area (Å²) < 4.78 is 57.0. The molecule has 3 aromatic rings. The Labute approximate surface area is 286 Å². The van der Waals surface area contributed by atoms with Crippen molar-refractivity contribution in [1.29, 1.82) is 0 Å². The predicted molar refractivity (Wildman–Crippen MR) is 173 cm³/mol. The molecule has 2 fully saturated rings. The van der Waals surface area contributed by atoms with Gasteiger partial charge in [-0.2, -0.15) is 28.2 Å².